The van der Waals surface area contributed by atoms with Gasteiger partial charge in [-0.05, 0) is 28.1 Å². The van der Waals surface area contributed by atoms with E-state index in [2.05, 4.69) is 26.1 Å². The third kappa shape index (κ3) is 2.24. The minimum Gasteiger partial charge on any atom is -0.396 e. The van der Waals surface area contributed by atoms with E-state index in [9.17, 15) is 0 Å². The van der Waals surface area contributed by atoms with E-state index in [1.807, 2.05) is 24.3 Å². The Balaban J connectivity index is 2.33. The molecule has 5 heteroatoms. The molecule has 0 atom stereocenters. The van der Waals surface area contributed by atoms with Crippen molar-refractivity contribution < 1.29 is 9.63 Å². The first-order valence-electron chi connectivity index (χ1n) is 4.49. The highest BCUT2D eigenvalue weighted by Crippen LogP contribution is 2.26. The molecule has 0 spiro atoms. The summed E-state index contributed by atoms with van der Waals surface area (Å²) in [7, 11) is 0. The minimum atomic E-state index is 0.0228. The number of benzene rings is 1. The van der Waals surface area contributed by atoms with Crippen molar-refractivity contribution in [1.29, 1.82) is 0 Å². The van der Waals surface area contributed by atoms with Crippen LogP contribution in [0.5, 0.6) is 0 Å². The van der Waals surface area contributed by atoms with Crippen LogP contribution in [0.15, 0.2) is 33.3 Å². The lowest BCUT2D eigenvalue weighted by Gasteiger charge is -1.95. The predicted octanol–water partition coefficient (Wildman–Crippen LogP) is 2.03. The van der Waals surface area contributed by atoms with E-state index < -0.39 is 0 Å². The maximum atomic E-state index is 8.72. The molecule has 1 heterocycles. The Morgan fingerprint density at radius 1 is 1.33 bits per heavy atom. The molecule has 0 amide bonds. The predicted molar refractivity (Wildman–Crippen MR) is 58.2 cm³/mol. The van der Waals surface area contributed by atoms with Gasteiger partial charge in [0.05, 0.1) is 12.2 Å². The van der Waals surface area contributed by atoms with Gasteiger partial charge in [0, 0.05) is 10.9 Å². The molecule has 0 bridgehead atoms. The van der Waals surface area contributed by atoms with Crippen molar-refractivity contribution in [3.8, 4) is 11.5 Å². The quantitative estimate of drug-likeness (QED) is 0.926. The maximum Gasteiger partial charge on any atom is 0.259 e. The molecular formula is C10H9BrN2O2. The fourth-order valence-corrected chi connectivity index (χ4v) is 1.65. The van der Waals surface area contributed by atoms with Crippen LogP contribution in [0.3, 0.4) is 0 Å². The van der Waals surface area contributed by atoms with Gasteiger partial charge in [-0.2, -0.15) is 4.98 Å². The normalized spacial score (nSPS) is 10.5. The van der Waals surface area contributed by atoms with E-state index >= 15 is 0 Å². The molecule has 1 aromatic heterocycles. The van der Waals surface area contributed by atoms with Crippen LogP contribution in [-0.2, 0) is 6.42 Å². The molecule has 1 aromatic carbocycles. The third-order valence-electron chi connectivity index (χ3n) is 1.91. The second-order valence-electron chi connectivity index (χ2n) is 2.97. The van der Waals surface area contributed by atoms with Gasteiger partial charge < -0.3 is 9.63 Å². The molecule has 4 nitrogen and oxygen atoms in total. The van der Waals surface area contributed by atoms with Crippen molar-refractivity contribution in [2.75, 3.05) is 6.61 Å². The number of hydrogen-bond donors (Lipinski definition) is 1. The van der Waals surface area contributed by atoms with Gasteiger partial charge in [-0.25, -0.2) is 0 Å². The molecule has 0 saturated carbocycles. The third-order valence-corrected chi connectivity index (χ3v) is 2.60. The summed E-state index contributed by atoms with van der Waals surface area (Å²) < 4.78 is 5.99. The number of nitrogens with zero attached hydrogens (tertiary/aromatic N) is 2. The lowest BCUT2D eigenvalue weighted by Crippen LogP contribution is -1.92. The van der Waals surface area contributed by atoms with E-state index in [0.717, 1.165) is 10.0 Å². The number of halogens is 1. The Morgan fingerprint density at radius 3 is 2.87 bits per heavy atom. The fourth-order valence-electron chi connectivity index (χ4n) is 1.20. The molecule has 2 aromatic rings. The topological polar surface area (TPSA) is 59.2 Å². The maximum absolute atomic E-state index is 8.72. The average Bonchev–Trinajstić information content (AvgIpc) is 2.68. The van der Waals surface area contributed by atoms with Crippen LogP contribution >= 0.6 is 15.9 Å². The van der Waals surface area contributed by atoms with Gasteiger partial charge in [-0.15, -0.1) is 0 Å². The Hall–Kier alpha value is -1.20. The van der Waals surface area contributed by atoms with E-state index in [1.54, 1.807) is 0 Å². The highest BCUT2D eigenvalue weighted by molar-refractivity contribution is 9.10. The van der Waals surface area contributed by atoms with Gasteiger partial charge in [-0.3, -0.25) is 0 Å². The Kier molecular flexibility index (Phi) is 3.13. The summed E-state index contributed by atoms with van der Waals surface area (Å²) in [5.74, 6) is 0.981. The number of aliphatic hydroxyl groups is 1. The number of hydrogen-bond acceptors (Lipinski definition) is 4. The van der Waals surface area contributed by atoms with Crippen molar-refractivity contribution in [2.45, 2.75) is 6.42 Å². The zero-order valence-corrected chi connectivity index (χ0v) is 9.44. The van der Waals surface area contributed by atoms with Crippen molar-refractivity contribution in [3.05, 3.63) is 34.6 Å². The van der Waals surface area contributed by atoms with Crippen molar-refractivity contribution in [1.82, 2.24) is 10.1 Å². The fraction of sp³-hybridized carbons (Fsp3) is 0.200. The Labute approximate surface area is 95.1 Å². The summed E-state index contributed by atoms with van der Waals surface area (Å²) in [5.41, 5.74) is 0.856. The first-order valence-corrected chi connectivity index (χ1v) is 5.29. The standard InChI is InChI=1S/C10H9BrN2O2/c11-8-4-2-1-3-7(8)10-12-9(5-6-14)13-15-10/h1-4,14H,5-6H2. The van der Waals surface area contributed by atoms with Gasteiger partial charge in [0.15, 0.2) is 5.82 Å². The summed E-state index contributed by atoms with van der Waals surface area (Å²) in [6.45, 7) is 0.0228. The summed E-state index contributed by atoms with van der Waals surface area (Å²) in [5, 5.41) is 12.5. The van der Waals surface area contributed by atoms with Gasteiger partial charge in [0.2, 0.25) is 0 Å². The zero-order valence-electron chi connectivity index (χ0n) is 7.85. The van der Waals surface area contributed by atoms with Gasteiger partial charge >= 0.3 is 0 Å². The molecule has 0 saturated heterocycles. The number of aliphatic hydroxyl groups excluding tert-OH is 1. The van der Waals surface area contributed by atoms with Gasteiger partial charge in [0.1, 0.15) is 0 Å². The van der Waals surface area contributed by atoms with E-state index in [4.69, 9.17) is 9.63 Å². The molecule has 0 aliphatic heterocycles. The SMILES string of the molecule is OCCc1noc(-c2ccccc2Br)n1. The smallest absolute Gasteiger partial charge is 0.259 e. The molecule has 0 aliphatic carbocycles. The molecule has 0 radical (unpaired) electrons. The number of rotatable bonds is 3. The molecule has 2 rings (SSSR count). The van der Waals surface area contributed by atoms with E-state index in [0.29, 0.717) is 18.1 Å². The molecular weight excluding hydrogens is 260 g/mol. The second kappa shape index (κ2) is 4.55. The summed E-state index contributed by atoms with van der Waals surface area (Å²) in [6, 6.07) is 7.61. The highest BCUT2D eigenvalue weighted by atomic mass is 79.9. The minimum absolute atomic E-state index is 0.0228. The monoisotopic (exact) mass is 268 g/mol. The number of aromatic nitrogens is 2. The lowest BCUT2D eigenvalue weighted by molar-refractivity contribution is 0.293. The summed E-state index contributed by atoms with van der Waals surface area (Å²) in [6.07, 6.45) is 0.411. The van der Waals surface area contributed by atoms with Gasteiger partial charge in [0.25, 0.3) is 5.89 Å². The highest BCUT2D eigenvalue weighted by Gasteiger charge is 2.10. The Morgan fingerprint density at radius 2 is 2.13 bits per heavy atom. The molecule has 1 N–H and O–H groups in total. The van der Waals surface area contributed by atoms with Crippen molar-refractivity contribution in [3.63, 3.8) is 0 Å². The van der Waals surface area contributed by atoms with Gasteiger partial charge in [-0.1, -0.05) is 17.3 Å². The second-order valence-corrected chi connectivity index (χ2v) is 3.82. The largest absolute Gasteiger partial charge is 0.396 e. The molecule has 0 unspecified atom stereocenters. The first-order chi connectivity index (χ1) is 7.31. The average molecular weight is 269 g/mol. The van der Waals surface area contributed by atoms with Crippen LogP contribution < -0.4 is 0 Å². The van der Waals surface area contributed by atoms with E-state index in [-0.39, 0.29) is 6.61 Å². The summed E-state index contributed by atoms with van der Waals surface area (Å²) >= 11 is 3.40. The first kappa shape index (κ1) is 10.3. The van der Waals surface area contributed by atoms with Crippen LogP contribution in [0, 0.1) is 0 Å². The molecule has 78 valence electrons. The van der Waals surface area contributed by atoms with Crippen LogP contribution in [-0.4, -0.2) is 21.9 Å². The molecule has 0 fully saturated rings. The zero-order chi connectivity index (χ0) is 10.7. The van der Waals surface area contributed by atoms with Crippen LogP contribution in [0.25, 0.3) is 11.5 Å². The molecule has 15 heavy (non-hydrogen) atoms. The van der Waals surface area contributed by atoms with Crippen LogP contribution in [0.4, 0.5) is 0 Å². The van der Waals surface area contributed by atoms with E-state index in [1.165, 1.54) is 0 Å². The van der Waals surface area contributed by atoms with Crippen LogP contribution in [0.2, 0.25) is 0 Å². The summed E-state index contributed by atoms with van der Waals surface area (Å²) in [4.78, 5) is 4.16. The van der Waals surface area contributed by atoms with Crippen LogP contribution in [0.1, 0.15) is 5.82 Å². The lowest BCUT2D eigenvalue weighted by atomic mass is 10.2. The van der Waals surface area contributed by atoms with Crippen molar-refractivity contribution in [2.24, 2.45) is 0 Å². The molecule has 0 aliphatic rings. The Bertz CT molecular complexity index is 456. The van der Waals surface area contributed by atoms with Crippen molar-refractivity contribution >= 4 is 15.9 Å².